The van der Waals surface area contributed by atoms with Crippen LogP contribution in [0.1, 0.15) is 39.5 Å². The van der Waals surface area contributed by atoms with E-state index in [-0.39, 0.29) is 12.3 Å². The van der Waals surface area contributed by atoms with Crippen LogP contribution in [-0.2, 0) is 23.8 Å². The Labute approximate surface area is 134 Å². The Bertz CT molecular complexity index is 501. The molecule has 1 aliphatic carbocycles. The number of rotatable bonds is 8. The molecule has 5 nitrogen and oxygen atoms in total. The molecule has 1 fully saturated rings. The van der Waals surface area contributed by atoms with Crippen molar-refractivity contribution >= 4 is 10.1 Å². The number of hydrogen-bond donors (Lipinski definition) is 0. The van der Waals surface area contributed by atoms with Crippen molar-refractivity contribution in [1.82, 2.24) is 0 Å². The molecule has 0 saturated heterocycles. The molecular weight excluding hydrogens is 337 g/mol. The summed E-state index contributed by atoms with van der Waals surface area (Å²) in [5.74, 6) is -1.05. The maximum Gasteiger partial charge on any atom is 0.523 e. The van der Waals surface area contributed by atoms with Gasteiger partial charge in [-0.05, 0) is 45.4 Å². The molecule has 0 radical (unpaired) electrons. The molecule has 0 aromatic rings. The van der Waals surface area contributed by atoms with E-state index in [9.17, 15) is 21.6 Å². The van der Waals surface area contributed by atoms with Gasteiger partial charge in [0.2, 0.25) is 0 Å². The molecule has 1 aliphatic rings. The van der Waals surface area contributed by atoms with E-state index >= 15 is 0 Å². The molecule has 3 atom stereocenters. The van der Waals surface area contributed by atoms with Crippen molar-refractivity contribution in [3.8, 4) is 0 Å². The molecule has 0 N–H and O–H groups in total. The van der Waals surface area contributed by atoms with E-state index in [1.807, 2.05) is 0 Å². The molecule has 1 rings (SSSR count). The molecule has 0 aromatic heterocycles. The summed E-state index contributed by atoms with van der Waals surface area (Å²) >= 11 is 0. The molecule has 0 unspecified atom stereocenters. The van der Waals surface area contributed by atoms with Gasteiger partial charge >= 0.3 is 15.6 Å². The summed E-state index contributed by atoms with van der Waals surface area (Å²) in [5, 5.41) is 0. The van der Waals surface area contributed by atoms with Gasteiger partial charge in [0.25, 0.3) is 0 Å². The summed E-state index contributed by atoms with van der Waals surface area (Å²) < 4.78 is 75.2. The SMILES string of the molecule is C=CCC[C@H]1C[C@H](OS(=O)(=O)C(F)(F)F)[C@H](OC(C)(C)OC)C1. The van der Waals surface area contributed by atoms with Gasteiger partial charge in [0.1, 0.15) is 6.10 Å². The summed E-state index contributed by atoms with van der Waals surface area (Å²) in [6.07, 6.45) is 1.66. The van der Waals surface area contributed by atoms with Crippen molar-refractivity contribution in [2.45, 2.75) is 63.0 Å². The maximum absolute atomic E-state index is 12.5. The second-order valence-electron chi connectivity index (χ2n) is 6.00. The molecule has 0 bridgehead atoms. The summed E-state index contributed by atoms with van der Waals surface area (Å²) in [6.45, 7) is 6.79. The van der Waals surface area contributed by atoms with Gasteiger partial charge in [0.05, 0.1) is 6.10 Å². The topological polar surface area (TPSA) is 61.8 Å². The van der Waals surface area contributed by atoms with Crippen molar-refractivity contribution in [3.05, 3.63) is 12.7 Å². The molecule has 9 heteroatoms. The number of allylic oxidation sites excluding steroid dienone is 1. The fourth-order valence-electron chi connectivity index (χ4n) is 2.50. The average molecular weight is 360 g/mol. The highest BCUT2D eigenvalue weighted by Gasteiger charge is 2.51. The van der Waals surface area contributed by atoms with Crippen LogP contribution in [0.25, 0.3) is 0 Å². The van der Waals surface area contributed by atoms with Crippen molar-refractivity contribution in [1.29, 1.82) is 0 Å². The van der Waals surface area contributed by atoms with E-state index in [2.05, 4.69) is 10.8 Å². The van der Waals surface area contributed by atoms with Gasteiger partial charge < -0.3 is 9.47 Å². The third kappa shape index (κ3) is 5.74. The number of methoxy groups -OCH3 is 1. The predicted molar refractivity (Wildman–Crippen MR) is 78.0 cm³/mol. The minimum absolute atomic E-state index is 0.000843. The number of halogens is 3. The van der Waals surface area contributed by atoms with E-state index in [0.717, 1.165) is 0 Å². The maximum atomic E-state index is 12.5. The van der Waals surface area contributed by atoms with Crippen LogP contribution in [-0.4, -0.2) is 39.0 Å². The zero-order chi connectivity index (χ0) is 17.9. The Kier molecular flexibility index (Phi) is 6.65. The third-order valence-electron chi connectivity index (χ3n) is 3.79. The van der Waals surface area contributed by atoms with E-state index in [1.54, 1.807) is 19.9 Å². The van der Waals surface area contributed by atoms with E-state index < -0.39 is 33.6 Å². The van der Waals surface area contributed by atoms with Crippen LogP contribution in [0.2, 0.25) is 0 Å². The number of alkyl halides is 3. The Morgan fingerprint density at radius 3 is 2.26 bits per heavy atom. The van der Waals surface area contributed by atoms with Crippen molar-refractivity contribution in [2.24, 2.45) is 5.92 Å². The zero-order valence-electron chi connectivity index (χ0n) is 13.4. The molecule has 1 saturated carbocycles. The highest BCUT2D eigenvalue weighted by atomic mass is 32.2. The smallest absolute Gasteiger partial charge is 0.354 e. The fraction of sp³-hybridized carbons (Fsp3) is 0.857. The van der Waals surface area contributed by atoms with Crippen molar-refractivity contribution < 1.29 is 35.2 Å². The second-order valence-corrected chi connectivity index (χ2v) is 7.56. The first-order chi connectivity index (χ1) is 10.4. The molecule has 0 spiro atoms. The monoisotopic (exact) mass is 360 g/mol. The lowest BCUT2D eigenvalue weighted by Gasteiger charge is -2.30. The van der Waals surface area contributed by atoms with Gasteiger partial charge in [0, 0.05) is 7.11 Å². The van der Waals surface area contributed by atoms with Gasteiger partial charge in [-0.3, -0.25) is 4.18 Å². The molecule has 0 aliphatic heterocycles. The van der Waals surface area contributed by atoms with Crippen LogP contribution in [0.15, 0.2) is 12.7 Å². The average Bonchev–Trinajstić information content (AvgIpc) is 2.76. The van der Waals surface area contributed by atoms with Gasteiger partial charge in [-0.15, -0.1) is 6.58 Å². The van der Waals surface area contributed by atoms with Crippen LogP contribution < -0.4 is 0 Å². The first-order valence-electron chi connectivity index (χ1n) is 7.25. The Morgan fingerprint density at radius 1 is 1.22 bits per heavy atom. The molecule has 0 heterocycles. The van der Waals surface area contributed by atoms with Gasteiger partial charge in [0.15, 0.2) is 5.79 Å². The normalized spacial score (nSPS) is 26.4. The lowest BCUT2D eigenvalue weighted by molar-refractivity contribution is -0.233. The number of ether oxygens (including phenoxy) is 2. The Balaban J connectivity index is 2.88. The van der Waals surface area contributed by atoms with Crippen LogP contribution in [0.5, 0.6) is 0 Å². The highest BCUT2D eigenvalue weighted by molar-refractivity contribution is 7.87. The van der Waals surface area contributed by atoms with Crippen LogP contribution in [0, 0.1) is 5.92 Å². The largest absolute Gasteiger partial charge is 0.523 e. The predicted octanol–water partition coefficient (Wildman–Crippen LogP) is 3.37. The quantitative estimate of drug-likeness (QED) is 0.287. The third-order valence-corrected chi connectivity index (χ3v) is 4.85. The van der Waals surface area contributed by atoms with Crippen LogP contribution >= 0.6 is 0 Å². The number of hydrogen-bond acceptors (Lipinski definition) is 5. The van der Waals surface area contributed by atoms with Gasteiger partial charge in [-0.1, -0.05) is 6.08 Å². The molecule has 136 valence electrons. The van der Waals surface area contributed by atoms with E-state index in [0.29, 0.717) is 19.3 Å². The zero-order valence-corrected chi connectivity index (χ0v) is 14.2. The fourth-order valence-corrected chi connectivity index (χ4v) is 3.14. The Hall–Kier alpha value is -0.640. The van der Waals surface area contributed by atoms with Gasteiger partial charge in [-0.25, -0.2) is 0 Å². The van der Waals surface area contributed by atoms with E-state index in [4.69, 9.17) is 9.47 Å². The molecular formula is C14H23F3O5S. The first-order valence-corrected chi connectivity index (χ1v) is 8.66. The summed E-state index contributed by atoms with van der Waals surface area (Å²) in [4.78, 5) is 0. The molecule has 0 amide bonds. The van der Waals surface area contributed by atoms with Crippen LogP contribution in [0.4, 0.5) is 13.2 Å². The Morgan fingerprint density at radius 2 is 1.78 bits per heavy atom. The standard InChI is InChI=1S/C14H23F3O5S/c1-5-6-7-10-8-11(21-13(2,3)20-4)12(9-10)22-23(18,19)14(15,16)17/h5,10-12H,1,6-9H2,2-4H3/t10-,11-,12+/m1/s1. The summed E-state index contributed by atoms with van der Waals surface area (Å²) in [5.41, 5.74) is -5.45. The van der Waals surface area contributed by atoms with Crippen LogP contribution in [0.3, 0.4) is 0 Å². The van der Waals surface area contributed by atoms with Crippen molar-refractivity contribution in [2.75, 3.05) is 7.11 Å². The molecule has 0 aromatic carbocycles. The first kappa shape index (κ1) is 20.4. The lowest BCUT2D eigenvalue weighted by Crippen LogP contribution is -2.39. The highest BCUT2D eigenvalue weighted by Crippen LogP contribution is 2.38. The van der Waals surface area contributed by atoms with E-state index in [1.165, 1.54) is 7.11 Å². The minimum Gasteiger partial charge on any atom is -0.354 e. The summed E-state index contributed by atoms with van der Waals surface area (Å²) in [6, 6.07) is 0. The summed E-state index contributed by atoms with van der Waals surface area (Å²) in [7, 11) is -4.27. The van der Waals surface area contributed by atoms with Gasteiger partial charge in [-0.2, -0.15) is 21.6 Å². The minimum atomic E-state index is -5.66. The molecule has 23 heavy (non-hydrogen) atoms. The second kappa shape index (κ2) is 7.50. The van der Waals surface area contributed by atoms with Crippen molar-refractivity contribution in [3.63, 3.8) is 0 Å². The lowest BCUT2D eigenvalue weighted by atomic mass is 10.0.